The zero-order valence-corrected chi connectivity index (χ0v) is 19.0. The van der Waals surface area contributed by atoms with Gasteiger partial charge in [0.05, 0.1) is 34.5 Å². The standard InChI is InChI=1S/C25H19ClN2O6/c1-14-5-3-4-6-20(14)28-23(30)17-9-7-15(11-18(17)24(28)31)25(32)34-13-22(29)27-16-8-10-21(33-2)19(26)12-16/h3-12H,13H2,1-2H3,(H,27,29). The van der Waals surface area contributed by atoms with E-state index in [1.54, 1.807) is 37.3 Å². The van der Waals surface area contributed by atoms with Crippen LogP contribution < -0.4 is 15.0 Å². The van der Waals surface area contributed by atoms with E-state index in [1.807, 2.05) is 6.07 Å². The van der Waals surface area contributed by atoms with E-state index in [-0.39, 0.29) is 16.7 Å². The van der Waals surface area contributed by atoms with E-state index >= 15 is 0 Å². The van der Waals surface area contributed by atoms with Crippen LogP contribution in [0.3, 0.4) is 0 Å². The van der Waals surface area contributed by atoms with E-state index in [1.165, 1.54) is 31.4 Å². The van der Waals surface area contributed by atoms with Crippen molar-refractivity contribution in [3.63, 3.8) is 0 Å². The Hall–Kier alpha value is -4.17. The van der Waals surface area contributed by atoms with Crippen LogP contribution in [0.15, 0.2) is 60.7 Å². The third kappa shape index (κ3) is 4.35. The van der Waals surface area contributed by atoms with Crippen LogP contribution in [0.2, 0.25) is 5.02 Å². The second kappa shape index (κ2) is 9.36. The van der Waals surface area contributed by atoms with Crippen LogP contribution in [-0.2, 0) is 9.53 Å². The first-order valence-corrected chi connectivity index (χ1v) is 10.6. The summed E-state index contributed by atoms with van der Waals surface area (Å²) >= 11 is 6.03. The lowest BCUT2D eigenvalue weighted by Gasteiger charge is -2.16. The van der Waals surface area contributed by atoms with Gasteiger partial charge in [-0.3, -0.25) is 14.4 Å². The van der Waals surface area contributed by atoms with Crippen molar-refractivity contribution in [2.75, 3.05) is 23.9 Å². The Balaban J connectivity index is 1.44. The summed E-state index contributed by atoms with van der Waals surface area (Å²) in [5, 5.41) is 2.88. The molecule has 0 atom stereocenters. The summed E-state index contributed by atoms with van der Waals surface area (Å²) in [5.41, 5.74) is 1.99. The Morgan fingerprint density at radius 3 is 2.41 bits per heavy atom. The Morgan fingerprint density at radius 2 is 1.71 bits per heavy atom. The number of carbonyl (C=O) groups excluding carboxylic acids is 4. The van der Waals surface area contributed by atoms with Crippen LogP contribution in [0.5, 0.6) is 5.75 Å². The number of nitrogens with one attached hydrogen (secondary N) is 1. The van der Waals surface area contributed by atoms with Gasteiger partial charge in [0.1, 0.15) is 5.75 Å². The highest BCUT2D eigenvalue weighted by molar-refractivity contribution is 6.35. The van der Waals surface area contributed by atoms with Gasteiger partial charge in [-0.1, -0.05) is 29.8 Å². The summed E-state index contributed by atoms with van der Waals surface area (Å²) in [6.07, 6.45) is 0. The largest absolute Gasteiger partial charge is 0.495 e. The van der Waals surface area contributed by atoms with Gasteiger partial charge in [0.15, 0.2) is 6.61 Å². The molecule has 0 spiro atoms. The molecule has 1 heterocycles. The van der Waals surface area contributed by atoms with Crippen LogP contribution in [0.25, 0.3) is 0 Å². The van der Waals surface area contributed by atoms with Crippen molar-refractivity contribution in [1.82, 2.24) is 0 Å². The Bertz CT molecular complexity index is 1340. The molecule has 0 radical (unpaired) electrons. The molecule has 34 heavy (non-hydrogen) atoms. The van der Waals surface area contributed by atoms with Crippen molar-refractivity contribution >= 4 is 46.7 Å². The van der Waals surface area contributed by atoms with Crippen molar-refractivity contribution in [3.05, 3.63) is 87.9 Å². The molecule has 3 aromatic rings. The van der Waals surface area contributed by atoms with Crippen molar-refractivity contribution in [2.24, 2.45) is 0 Å². The topological polar surface area (TPSA) is 102 Å². The number of rotatable bonds is 6. The molecule has 0 saturated carbocycles. The average molecular weight is 479 g/mol. The summed E-state index contributed by atoms with van der Waals surface area (Å²) in [5.74, 6) is -1.92. The molecular weight excluding hydrogens is 460 g/mol. The van der Waals surface area contributed by atoms with E-state index in [9.17, 15) is 19.2 Å². The first kappa shape index (κ1) is 23.0. The smallest absolute Gasteiger partial charge is 0.338 e. The fourth-order valence-electron chi connectivity index (χ4n) is 3.56. The van der Waals surface area contributed by atoms with E-state index in [4.69, 9.17) is 21.1 Å². The molecular formula is C25H19ClN2O6. The van der Waals surface area contributed by atoms with Crippen molar-refractivity contribution in [3.8, 4) is 5.75 Å². The fraction of sp³-hybridized carbons (Fsp3) is 0.120. The number of halogens is 1. The number of hydrogen-bond acceptors (Lipinski definition) is 6. The zero-order valence-electron chi connectivity index (χ0n) is 18.3. The van der Waals surface area contributed by atoms with E-state index in [2.05, 4.69) is 5.32 Å². The zero-order chi connectivity index (χ0) is 24.4. The van der Waals surface area contributed by atoms with Gasteiger partial charge in [0.2, 0.25) is 0 Å². The third-order valence-corrected chi connectivity index (χ3v) is 5.54. The highest BCUT2D eigenvalue weighted by Crippen LogP contribution is 2.31. The predicted molar refractivity (Wildman–Crippen MR) is 126 cm³/mol. The number of esters is 1. The number of amides is 3. The van der Waals surface area contributed by atoms with Crippen molar-refractivity contribution < 1.29 is 28.7 Å². The number of aryl methyl sites for hydroxylation is 1. The predicted octanol–water partition coefficient (Wildman–Crippen LogP) is 4.25. The number of hydrogen-bond donors (Lipinski definition) is 1. The maximum absolute atomic E-state index is 12.9. The van der Waals surface area contributed by atoms with Crippen LogP contribution in [0.4, 0.5) is 11.4 Å². The van der Waals surface area contributed by atoms with Crippen LogP contribution in [0.1, 0.15) is 36.6 Å². The van der Waals surface area contributed by atoms with E-state index in [0.29, 0.717) is 22.1 Å². The first-order chi connectivity index (χ1) is 16.3. The molecule has 3 aromatic carbocycles. The van der Waals surface area contributed by atoms with Gasteiger partial charge in [-0.2, -0.15) is 0 Å². The van der Waals surface area contributed by atoms with Crippen LogP contribution >= 0.6 is 11.6 Å². The molecule has 0 fully saturated rings. The number of imide groups is 1. The molecule has 0 aliphatic carbocycles. The minimum atomic E-state index is -0.805. The number of carbonyl (C=O) groups is 4. The molecule has 0 unspecified atom stereocenters. The van der Waals surface area contributed by atoms with Crippen LogP contribution in [0, 0.1) is 6.92 Å². The summed E-state index contributed by atoms with van der Waals surface area (Å²) in [4.78, 5) is 51.5. The second-order valence-corrected chi connectivity index (χ2v) is 7.87. The molecule has 3 amide bonds. The summed E-state index contributed by atoms with van der Waals surface area (Å²) in [7, 11) is 1.47. The van der Waals surface area contributed by atoms with Crippen molar-refractivity contribution in [2.45, 2.75) is 6.92 Å². The molecule has 1 aliphatic rings. The monoisotopic (exact) mass is 478 g/mol. The Labute approximate surface area is 200 Å². The molecule has 9 heteroatoms. The molecule has 4 rings (SSSR count). The maximum atomic E-state index is 12.9. The lowest BCUT2D eigenvalue weighted by atomic mass is 10.1. The summed E-state index contributed by atoms with van der Waals surface area (Å²) < 4.78 is 10.1. The van der Waals surface area contributed by atoms with Gasteiger partial charge in [0, 0.05) is 5.69 Å². The molecule has 8 nitrogen and oxygen atoms in total. The third-order valence-electron chi connectivity index (χ3n) is 5.25. The number of methoxy groups -OCH3 is 1. The van der Waals surface area contributed by atoms with Gasteiger partial charge in [-0.05, 0) is 55.0 Å². The SMILES string of the molecule is COc1ccc(NC(=O)COC(=O)c2ccc3c(c2)C(=O)N(c2ccccc2C)C3=O)cc1Cl. The first-order valence-electron chi connectivity index (χ1n) is 10.2. The van der Waals surface area contributed by atoms with Gasteiger partial charge < -0.3 is 14.8 Å². The summed E-state index contributed by atoms with van der Waals surface area (Å²) in [6, 6.07) is 15.8. The number of benzene rings is 3. The number of ether oxygens (including phenoxy) is 2. The quantitative estimate of drug-likeness (QED) is 0.419. The van der Waals surface area contributed by atoms with Gasteiger partial charge in [-0.15, -0.1) is 0 Å². The van der Waals surface area contributed by atoms with E-state index in [0.717, 1.165) is 10.5 Å². The maximum Gasteiger partial charge on any atom is 0.338 e. The minimum Gasteiger partial charge on any atom is -0.495 e. The number of fused-ring (bicyclic) bond motifs is 1. The van der Waals surface area contributed by atoms with Crippen molar-refractivity contribution in [1.29, 1.82) is 0 Å². The van der Waals surface area contributed by atoms with Crippen LogP contribution in [-0.4, -0.2) is 37.4 Å². The van der Waals surface area contributed by atoms with Gasteiger partial charge in [-0.25, -0.2) is 9.69 Å². The minimum absolute atomic E-state index is 0.0480. The molecule has 1 aliphatic heterocycles. The lowest BCUT2D eigenvalue weighted by molar-refractivity contribution is -0.119. The number of nitrogens with zero attached hydrogens (tertiary/aromatic N) is 1. The second-order valence-electron chi connectivity index (χ2n) is 7.47. The summed E-state index contributed by atoms with van der Waals surface area (Å²) in [6.45, 7) is 1.24. The normalized spacial score (nSPS) is 12.4. The molecule has 172 valence electrons. The van der Waals surface area contributed by atoms with Gasteiger partial charge in [0.25, 0.3) is 17.7 Å². The lowest BCUT2D eigenvalue weighted by Crippen LogP contribution is -2.29. The highest BCUT2D eigenvalue weighted by atomic mass is 35.5. The molecule has 1 N–H and O–H groups in total. The highest BCUT2D eigenvalue weighted by Gasteiger charge is 2.37. The molecule has 0 saturated heterocycles. The average Bonchev–Trinajstić information content (AvgIpc) is 3.07. The van der Waals surface area contributed by atoms with E-state index < -0.39 is 30.3 Å². The molecule has 0 aromatic heterocycles. The van der Waals surface area contributed by atoms with Gasteiger partial charge >= 0.3 is 5.97 Å². The number of anilines is 2. The Morgan fingerprint density at radius 1 is 0.971 bits per heavy atom. The molecule has 0 bridgehead atoms. The Kier molecular flexibility index (Phi) is 6.34. The fourth-order valence-corrected chi connectivity index (χ4v) is 3.81. The number of para-hydroxylation sites is 1.